The Morgan fingerprint density at radius 1 is 1.10 bits per heavy atom. The zero-order valence-electron chi connectivity index (χ0n) is 17.8. The van der Waals surface area contributed by atoms with Crippen molar-refractivity contribution in [3.05, 3.63) is 60.3 Å². The Morgan fingerprint density at radius 2 is 1.83 bits per heavy atom. The highest BCUT2D eigenvalue weighted by Gasteiger charge is 2.21. The fourth-order valence-electron chi connectivity index (χ4n) is 3.54. The van der Waals surface area contributed by atoms with Crippen molar-refractivity contribution in [2.45, 2.75) is 53.2 Å². The topological polar surface area (TPSA) is 46.5 Å². The standard InChI is InChI=1S/C24H31N3O2/c1-5-18(4)27(24(28)25-20-12-14-21(15-13-20)29-7-3)17-19-16-26(6-2)23-11-9-8-10-22(19)23/h8-16,18H,5-7,17H2,1-4H3,(H,25,28)/t18-/m1/s1. The van der Waals surface area contributed by atoms with Crippen molar-refractivity contribution in [3.8, 4) is 5.75 Å². The first-order valence-electron chi connectivity index (χ1n) is 10.4. The molecule has 0 aliphatic heterocycles. The van der Waals surface area contributed by atoms with Crippen LogP contribution in [-0.2, 0) is 13.1 Å². The van der Waals surface area contributed by atoms with Crippen LogP contribution in [0.25, 0.3) is 10.9 Å². The van der Waals surface area contributed by atoms with E-state index >= 15 is 0 Å². The number of urea groups is 1. The molecular weight excluding hydrogens is 362 g/mol. The van der Waals surface area contributed by atoms with Gasteiger partial charge in [0, 0.05) is 41.9 Å². The van der Waals surface area contributed by atoms with E-state index in [4.69, 9.17) is 4.74 Å². The van der Waals surface area contributed by atoms with E-state index in [-0.39, 0.29) is 12.1 Å². The molecule has 0 unspecified atom stereocenters. The van der Waals surface area contributed by atoms with Gasteiger partial charge in [-0.2, -0.15) is 0 Å². The number of aryl methyl sites for hydroxylation is 1. The molecule has 0 saturated carbocycles. The SMILES string of the molecule is CCOc1ccc(NC(=O)N(Cc2cn(CC)c3ccccc23)[C@H](C)CC)cc1. The minimum atomic E-state index is -0.0863. The number of benzene rings is 2. The first-order chi connectivity index (χ1) is 14.1. The van der Waals surface area contributed by atoms with Gasteiger partial charge in [0.15, 0.2) is 0 Å². The maximum Gasteiger partial charge on any atom is 0.322 e. The average Bonchev–Trinajstić information content (AvgIpc) is 3.10. The molecule has 2 aromatic carbocycles. The van der Waals surface area contributed by atoms with Gasteiger partial charge in [-0.15, -0.1) is 0 Å². The predicted octanol–water partition coefficient (Wildman–Crippen LogP) is 5.89. The Hall–Kier alpha value is -2.95. The molecule has 1 atom stereocenters. The minimum Gasteiger partial charge on any atom is -0.494 e. The van der Waals surface area contributed by atoms with Gasteiger partial charge in [0.2, 0.25) is 0 Å². The van der Waals surface area contributed by atoms with Gasteiger partial charge in [-0.05, 0) is 63.1 Å². The number of hydrogen-bond donors (Lipinski definition) is 1. The van der Waals surface area contributed by atoms with Gasteiger partial charge in [0.05, 0.1) is 6.61 Å². The predicted molar refractivity (Wildman–Crippen MR) is 120 cm³/mol. The molecule has 0 saturated heterocycles. The molecule has 1 aromatic heterocycles. The van der Waals surface area contributed by atoms with Crippen LogP contribution in [0.3, 0.4) is 0 Å². The molecule has 1 N–H and O–H groups in total. The third kappa shape index (κ3) is 4.73. The van der Waals surface area contributed by atoms with Crippen LogP contribution < -0.4 is 10.1 Å². The number of carbonyl (C=O) groups is 1. The molecule has 5 heteroatoms. The number of aromatic nitrogens is 1. The largest absolute Gasteiger partial charge is 0.494 e. The van der Waals surface area contributed by atoms with Gasteiger partial charge in [-0.3, -0.25) is 0 Å². The van der Waals surface area contributed by atoms with Crippen LogP contribution in [0.15, 0.2) is 54.7 Å². The number of nitrogens with zero attached hydrogens (tertiary/aromatic N) is 2. The summed E-state index contributed by atoms with van der Waals surface area (Å²) in [5.74, 6) is 0.802. The summed E-state index contributed by atoms with van der Waals surface area (Å²) in [7, 11) is 0. The molecule has 0 aliphatic rings. The lowest BCUT2D eigenvalue weighted by molar-refractivity contribution is 0.187. The maximum atomic E-state index is 13.1. The summed E-state index contributed by atoms with van der Waals surface area (Å²) in [4.78, 5) is 15.0. The second kappa shape index (κ2) is 9.50. The highest BCUT2D eigenvalue weighted by molar-refractivity contribution is 5.90. The number of anilines is 1. The summed E-state index contributed by atoms with van der Waals surface area (Å²) in [5.41, 5.74) is 3.15. The highest BCUT2D eigenvalue weighted by Crippen LogP contribution is 2.24. The Labute approximate surface area is 173 Å². The summed E-state index contributed by atoms with van der Waals surface area (Å²) in [6.07, 6.45) is 3.06. The lowest BCUT2D eigenvalue weighted by Gasteiger charge is -2.28. The van der Waals surface area contributed by atoms with Gasteiger partial charge < -0.3 is 19.5 Å². The fourth-order valence-corrected chi connectivity index (χ4v) is 3.54. The number of nitrogens with one attached hydrogen (secondary N) is 1. The average molecular weight is 394 g/mol. The van der Waals surface area contributed by atoms with Crippen LogP contribution in [0.5, 0.6) is 5.75 Å². The van der Waals surface area contributed by atoms with Crippen LogP contribution in [0.4, 0.5) is 10.5 Å². The Balaban J connectivity index is 1.82. The van der Waals surface area contributed by atoms with Crippen LogP contribution in [-0.4, -0.2) is 28.1 Å². The molecule has 1 heterocycles. The molecule has 0 bridgehead atoms. The number of ether oxygens (including phenoxy) is 1. The minimum absolute atomic E-state index is 0.0863. The van der Waals surface area contributed by atoms with Crippen LogP contribution in [0.2, 0.25) is 0 Å². The van der Waals surface area contributed by atoms with Crippen molar-refractivity contribution >= 4 is 22.6 Å². The summed E-state index contributed by atoms with van der Waals surface area (Å²) >= 11 is 0. The summed E-state index contributed by atoms with van der Waals surface area (Å²) in [6.45, 7) is 10.4. The third-order valence-corrected chi connectivity index (χ3v) is 5.35. The second-order valence-electron chi connectivity index (χ2n) is 7.23. The lowest BCUT2D eigenvalue weighted by atomic mass is 10.1. The van der Waals surface area contributed by atoms with Gasteiger partial charge in [-0.25, -0.2) is 4.79 Å². The van der Waals surface area contributed by atoms with Gasteiger partial charge >= 0.3 is 6.03 Å². The van der Waals surface area contributed by atoms with Gasteiger partial charge in [0.1, 0.15) is 5.75 Å². The second-order valence-corrected chi connectivity index (χ2v) is 7.23. The highest BCUT2D eigenvalue weighted by atomic mass is 16.5. The first kappa shape index (κ1) is 20.8. The molecule has 5 nitrogen and oxygen atoms in total. The Bertz CT molecular complexity index is 946. The van der Waals surface area contributed by atoms with Gasteiger partial charge in [0.25, 0.3) is 0 Å². The van der Waals surface area contributed by atoms with Gasteiger partial charge in [-0.1, -0.05) is 25.1 Å². The molecule has 2 amide bonds. The molecule has 0 radical (unpaired) electrons. The zero-order valence-corrected chi connectivity index (χ0v) is 17.8. The molecule has 154 valence electrons. The van der Waals surface area contributed by atoms with Crippen LogP contribution >= 0.6 is 0 Å². The quantitative estimate of drug-likeness (QED) is 0.518. The van der Waals surface area contributed by atoms with Crippen molar-refractivity contribution in [3.63, 3.8) is 0 Å². The summed E-state index contributed by atoms with van der Waals surface area (Å²) in [5, 5.41) is 4.25. The zero-order chi connectivity index (χ0) is 20.8. The van der Waals surface area contributed by atoms with E-state index in [1.807, 2.05) is 36.1 Å². The number of fused-ring (bicyclic) bond motifs is 1. The molecule has 0 fully saturated rings. The van der Waals surface area contributed by atoms with E-state index < -0.39 is 0 Å². The molecule has 3 rings (SSSR count). The van der Waals surface area contributed by atoms with Crippen molar-refractivity contribution in [2.24, 2.45) is 0 Å². The van der Waals surface area contributed by atoms with Crippen LogP contribution in [0.1, 0.15) is 39.7 Å². The number of amides is 2. The van der Waals surface area contributed by atoms with E-state index in [1.54, 1.807) is 0 Å². The number of para-hydroxylation sites is 1. The van der Waals surface area contributed by atoms with Crippen molar-refractivity contribution in [2.75, 3.05) is 11.9 Å². The van der Waals surface area contributed by atoms with Crippen molar-refractivity contribution in [1.82, 2.24) is 9.47 Å². The van der Waals surface area contributed by atoms with E-state index in [2.05, 4.69) is 61.1 Å². The molecular formula is C24H31N3O2. The normalized spacial score (nSPS) is 12.0. The molecule has 3 aromatic rings. The third-order valence-electron chi connectivity index (χ3n) is 5.35. The first-order valence-corrected chi connectivity index (χ1v) is 10.4. The molecule has 0 spiro atoms. The number of carbonyl (C=O) groups excluding carboxylic acids is 1. The monoisotopic (exact) mass is 393 g/mol. The smallest absolute Gasteiger partial charge is 0.322 e. The number of hydrogen-bond acceptors (Lipinski definition) is 2. The number of rotatable bonds is 8. The summed E-state index contributed by atoms with van der Waals surface area (Å²) < 4.78 is 7.72. The maximum absolute atomic E-state index is 13.1. The molecule has 0 aliphatic carbocycles. The Kier molecular flexibility index (Phi) is 6.81. The summed E-state index contributed by atoms with van der Waals surface area (Å²) in [6, 6.07) is 15.9. The van der Waals surface area contributed by atoms with E-state index in [0.29, 0.717) is 13.2 Å². The van der Waals surface area contributed by atoms with Crippen LogP contribution in [0, 0.1) is 0 Å². The lowest BCUT2D eigenvalue weighted by Crippen LogP contribution is -2.40. The van der Waals surface area contributed by atoms with E-state index in [9.17, 15) is 4.79 Å². The van der Waals surface area contributed by atoms with Crippen molar-refractivity contribution in [1.29, 1.82) is 0 Å². The van der Waals surface area contributed by atoms with E-state index in [1.165, 1.54) is 16.5 Å². The Morgan fingerprint density at radius 3 is 2.48 bits per heavy atom. The molecule has 29 heavy (non-hydrogen) atoms. The fraction of sp³-hybridized carbons (Fsp3) is 0.375. The van der Waals surface area contributed by atoms with Crippen molar-refractivity contribution < 1.29 is 9.53 Å². The van der Waals surface area contributed by atoms with E-state index in [0.717, 1.165) is 24.4 Å².